The molecule has 134 valence electrons. The van der Waals surface area contributed by atoms with Crippen LogP contribution in [0.15, 0.2) is 46.8 Å². The Balaban J connectivity index is 1.76. The topological polar surface area (TPSA) is 56.7 Å². The first kappa shape index (κ1) is 19.0. The molecule has 5 nitrogen and oxygen atoms in total. The van der Waals surface area contributed by atoms with Crippen molar-refractivity contribution in [3.8, 4) is 0 Å². The predicted molar refractivity (Wildman–Crippen MR) is 106 cm³/mol. The van der Waals surface area contributed by atoms with Gasteiger partial charge in [-0.25, -0.2) is 0 Å². The highest BCUT2D eigenvalue weighted by molar-refractivity contribution is 7.09. The molecule has 1 heterocycles. The molecule has 0 aliphatic rings. The summed E-state index contributed by atoms with van der Waals surface area (Å²) in [5.74, 6) is 0.831. The number of carbonyl (C=O) groups is 1. The van der Waals surface area contributed by atoms with Crippen molar-refractivity contribution in [3.05, 3.63) is 57.8 Å². The van der Waals surface area contributed by atoms with Crippen LogP contribution in [-0.2, 0) is 12.8 Å². The molecule has 0 spiro atoms. The van der Waals surface area contributed by atoms with Crippen LogP contribution in [0.5, 0.6) is 0 Å². The van der Waals surface area contributed by atoms with Gasteiger partial charge in [-0.15, -0.1) is 11.3 Å². The Bertz CT molecular complexity index is 695. The van der Waals surface area contributed by atoms with Crippen LogP contribution in [0.4, 0.5) is 0 Å². The second kappa shape index (κ2) is 9.84. The molecule has 1 amide bonds. The summed E-state index contributed by atoms with van der Waals surface area (Å²) in [5.41, 5.74) is 1.86. The van der Waals surface area contributed by atoms with Gasteiger partial charge in [0.25, 0.3) is 5.91 Å². The summed E-state index contributed by atoms with van der Waals surface area (Å²) in [6.45, 7) is 1.62. The van der Waals surface area contributed by atoms with Gasteiger partial charge in [0.2, 0.25) is 0 Å². The molecule has 2 aromatic rings. The van der Waals surface area contributed by atoms with Crippen molar-refractivity contribution < 1.29 is 4.79 Å². The van der Waals surface area contributed by atoms with Gasteiger partial charge in [-0.2, -0.15) is 0 Å². The molecule has 0 bridgehead atoms. The molecule has 25 heavy (non-hydrogen) atoms. The maximum absolute atomic E-state index is 12.0. The molecule has 0 aliphatic heterocycles. The lowest BCUT2D eigenvalue weighted by atomic mass is 10.1. The maximum atomic E-state index is 12.0. The van der Waals surface area contributed by atoms with E-state index in [4.69, 9.17) is 0 Å². The van der Waals surface area contributed by atoms with Crippen LogP contribution in [0.3, 0.4) is 0 Å². The Hall–Kier alpha value is -2.34. The highest BCUT2D eigenvalue weighted by Gasteiger charge is 2.08. The number of rotatable bonds is 7. The minimum absolute atomic E-state index is 0.0286. The van der Waals surface area contributed by atoms with Gasteiger partial charge in [0.05, 0.1) is 0 Å². The van der Waals surface area contributed by atoms with Crippen LogP contribution < -0.4 is 10.6 Å². The van der Waals surface area contributed by atoms with Crippen molar-refractivity contribution in [2.75, 3.05) is 34.2 Å². The van der Waals surface area contributed by atoms with Gasteiger partial charge in [0.1, 0.15) is 0 Å². The number of hydrogen-bond donors (Lipinski definition) is 2. The number of guanidine groups is 1. The second-order valence-electron chi connectivity index (χ2n) is 5.91. The number of thiophene rings is 1. The molecular weight excluding hydrogens is 332 g/mol. The summed E-state index contributed by atoms with van der Waals surface area (Å²) in [4.78, 5) is 19.2. The van der Waals surface area contributed by atoms with Gasteiger partial charge in [-0.1, -0.05) is 18.2 Å². The van der Waals surface area contributed by atoms with Crippen LogP contribution in [0.1, 0.15) is 20.8 Å². The van der Waals surface area contributed by atoms with Gasteiger partial charge in [-0.05, 0) is 42.0 Å². The van der Waals surface area contributed by atoms with Crippen molar-refractivity contribution in [3.63, 3.8) is 0 Å². The van der Waals surface area contributed by atoms with Crippen molar-refractivity contribution >= 4 is 23.2 Å². The van der Waals surface area contributed by atoms with Gasteiger partial charge < -0.3 is 15.5 Å². The molecule has 1 aromatic heterocycles. The monoisotopic (exact) mass is 358 g/mol. The molecule has 2 N–H and O–H groups in total. The van der Waals surface area contributed by atoms with E-state index in [-0.39, 0.29) is 5.91 Å². The first-order valence-electron chi connectivity index (χ1n) is 8.37. The third kappa shape index (κ3) is 6.23. The van der Waals surface area contributed by atoms with E-state index in [1.807, 2.05) is 24.3 Å². The predicted octanol–water partition coefficient (Wildman–Crippen LogP) is 2.40. The zero-order valence-corrected chi connectivity index (χ0v) is 15.9. The summed E-state index contributed by atoms with van der Waals surface area (Å²) in [7, 11) is 5.31. The van der Waals surface area contributed by atoms with Gasteiger partial charge in [-0.3, -0.25) is 9.79 Å². The highest BCUT2D eigenvalue weighted by Crippen LogP contribution is 2.08. The molecule has 1 aromatic carbocycles. The van der Waals surface area contributed by atoms with E-state index >= 15 is 0 Å². The molecule has 0 atom stereocenters. The van der Waals surface area contributed by atoms with E-state index in [1.165, 1.54) is 4.88 Å². The molecule has 0 radical (unpaired) electrons. The molecule has 0 saturated carbocycles. The van der Waals surface area contributed by atoms with Crippen LogP contribution in [-0.4, -0.2) is 51.0 Å². The Morgan fingerprint density at radius 1 is 1.12 bits per heavy atom. The van der Waals surface area contributed by atoms with Gasteiger partial charge >= 0.3 is 0 Å². The first-order chi connectivity index (χ1) is 12.1. The van der Waals surface area contributed by atoms with Gasteiger partial charge in [0, 0.05) is 44.7 Å². The van der Waals surface area contributed by atoms with E-state index in [9.17, 15) is 4.79 Å². The quantitative estimate of drug-likeness (QED) is 0.590. The van der Waals surface area contributed by atoms with E-state index in [2.05, 4.69) is 33.1 Å². The SMILES string of the molecule is CN=C(NCCc1cccc(C(=O)N(C)C)c1)NCCc1cccs1. The standard InChI is InChI=1S/C19H26N4OS/c1-20-19(22-12-10-17-8-5-13-25-17)21-11-9-15-6-4-7-16(14-15)18(24)23(2)3/h4-8,13-14H,9-12H2,1-3H3,(H2,20,21,22). The number of aliphatic imine (C=N–C) groups is 1. The smallest absolute Gasteiger partial charge is 0.253 e. The zero-order valence-electron chi connectivity index (χ0n) is 15.1. The van der Waals surface area contributed by atoms with Crippen LogP contribution in [0.25, 0.3) is 0 Å². The maximum Gasteiger partial charge on any atom is 0.253 e. The Kier molecular flexibility index (Phi) is 7.47. The molecule has 0 aliphatic carbocycles. The second-order valence-corrected chi connectivity index (χ2v) is 6.94. The third-order valence-corrected chi connectivity index (χ3v) is 4.69. The van der Waals surface area contributed by atoms with Crippen molar-refractivity contribution in [1.82, 2.24) is 15.5 Å². The Morgan fingerprint density at radius 3 is 2.52 bits per heavy atom. The highest BCUT2D eigenvalue weighted by atomic mass is 32.1. The van der Waals surface area contributed by atoms with Crippen molar-refractivity contribution in [1.29, 1.82) is 0 Å². The van der Waals surface area contributed by atoms with Crippen LogP contribution >= 0.6 is 11.3 Å². The zero-order chi connectivity index (χ0) is 18.1. The molecule has 0 unspecified atom stereocenters. The summed E-state index contributed by atoms with van der Waals surface area (Å²) < 4.78 is 0. The number of hydrogen-bond acceptors (Lipinski definition) is 3. The lowest BCUT2D eigenvalue weighted by Crippen LogP contribution is -2.39. The fourth-order valence-electron chi connectivity index (χ4n) is 2.42. The lowest BCUT2D eigenvalue weighted by molar-refractivity contribution is 0.0827. The lowest BCUT2D eigenvalue weighted by Gasteiger charge is -2.13. The third-order valence-electron chi connectivity index (χ3n) is 3.75. The molecule has 2 rings (SSSR count). The van der Waals surface area contributed by atoms with E-state index in [0.717, 1.165) is 43.0 Å². The summed E-state index contributed by atoms with van der Waals surface area (Å²) in [6, 6.07) is 12.0. The average Bonchev–Trinajstić information content (AvgIpc) is 3.13. The van der Waals surface area contributed by atoms with E-state index < -0.39 is 0 Å². The number of nitrogens with zero attached hydrogens (tertiary/aromatic N) is 2. The number of amides is 1. The fraction of sp³-hybridized carbons (Fsp3) is 0.368. The molecule has 0 fully saturated rings. The fourth-order valence-corrected chi connectivity index (χ4v) is 3.13. The minimum Gasteiger partial charge on any atom is -0.356 e. The van der Waals surface area contributed by atoms with Crippen LogP contribution in [0, 0.1) is 0 Å². The number of benzene rings is 1. The van der Waals surface area contributed by atoms with Crippen molar-refractivity contribution in [2.45, 2.75) is 12.8 Å². The van der Waals surface area contributed by atoms with E-state index in [0.29, 0.717) is 0 Å². The van der Waals surface area contributed by atoms with E-state index in [1.54, 1.807) is 37.4 Å². The number of carbonyl (C=O) groups excluding carboxylic acids is 1. The Morgan fingerprint density at radius 2 is 1.88 bits per heavy atom. The average molecular weight is 359 g/mol. The van der Waals surface area contributed by atoms with Crippen molar-refractivity contribution in [2.24, 2.45) is 4.99 Å². The first-order valence-corrected chi connectivity index (χ1v) is 9.25. The molecule has 0 saturated heterocycles. The summed E-state index contributed by atoms with van der Waals surface area (Å²) in [6.07, 6.45) is 1.83. The summed E-state index contributed by atoms with van der Waals surface area (Å²) >= 11 is 1.77. The van der Waals surface area contributed by atoms with Crippen LogP contribution in [0.2, 0.25) is 0 Å². The number of nitrogens with one attached hydrogen (secondary N) is 2. The minimum atomic E-state index is 0.0286. The molecule has 6 heteroatoms. The van der Waals surface area contributed by atoms with Gasteiger partial charge in [0.15, 0.2) is 5.96 Å². The normalized spacial score (nSPS) is 11.2. The summed E-state index contributed by atoms with van der Waals surface area (Å²) in [5, 5.41) is 8.73. The largest absolute Gasteiger partial charge is 0.356 e. The Labute approximate surface area is 153 Å². The molecular formula is C19H26N4OS.